The van der Waals surface area contributed by atoms with Crippen molar-refractivity contribution in [1.82, 2.24) is 20.0 Å². The molecule has 4 rings (SSSR count). The Morgan fingerprint density at radius 1 is 1.10 bits per heavy atom. The minimum absolute atomic E-state index is 0.0820. The van der Waals surface area contributed by atoms with Crippen LogP contribution in [-0.4, -0.2) is 36.7 Å². The van der Waals surface area contributed by atoms with Gasteiger partial charge < -0.3 is 0 Å². The fourth-order valence-corrected chi connectivity index (χ4v) is 4.01. The van der Waals surface area contributed by atoms with Gasteiger partial charge in [0.25, 0.3) is 0 Å². The van der Waals surface area contributed by atoms with E-state index in [9.17, 15) is 8.60 Å². The SMILES string of the molecule is CC(C)c1nc(N=S(C)(C)=O)c2cc3nnn(C)c3cc2c1-c1ccc(F)cc1. The molecule has 2 aromatic heterocycles. The Hall–Kier alpha value is -2.87. The van der Waals surface area contributed by atoms with Gasteiger partial charge in [0.05, 0.1) is 11.2 Å². The minimum atomic E-state index is -2.42. The van der Waals surface area contributed by atoms with Crippen molar-refractivity contribution in [2.45, 2.75) is 19.8 Å². The predicted molar refractivity (Wildman–Crippen MR) is 115 cm³/mol. The lowest BCUT2D eigenvalue weighted by Gasteiger charge is -2.17. The van der Waals surface area contributed by atoms with Crippen LogP contribution in [0.3, 0.4) is 0 Å². The summed E-state index contributed by atoms with van der Waals surface area (Å²) in [4.78, 5) is 4.80. The van der Waals surface area contributed by atoms with Crippen molar-refractivity contribution in [3.05, 3.63) is 47.9 Å². The van der Waals surface area contributed by atoms with Crippen LogP contribution >= 0.6 is 0 Å². The molecule has 0 spiro atoms. The largest absolute Gasteiger partial charge is 0.250 e. The van der Waals surface area contributed by atoms with E-state index in [-0.39, 0.29) is 11.7 Å². The Bertz CT molecular complexity index is 1360. The molecule has 0 aliphatic heterocycles. The smallest absolute Gasteiger partial charge is 0.169 e. The van der Waals surface area contributed by atoms with Crippen molar-refractivity contribution in [3.8, 4) is 11.1 Å². The Morgan fingerprint density at radius 2 is 1.79 bits per heavy atom. The van der Waals surface area contributed by atoms with E-state index in [1.165, 1.54) is 12.1 Å². The summed E-state index contributed by atoms with van der Waals surface area (Å²) in [5.74, 6) is 0.217. The lowest BCUT2D eigenvalue weighted by atomic mass is 9.92. The molecule has 29 heavy (non-hydrogen) atoms. The quantitative estimate of drug-likeness (QED) is 0.485. The zero-order valence-electron chi connectivity index (χ0n) is 17.0. The summed E-state index contributed by atoms with van der Waals surface area (Å²) in [5.41, 5.74) is 4.17. The number of hydrogen-bond acceptors (Lipinski definition) is 5. The molecule has 0 saturated heterocycles. The molecule has 0 unspecified atom stereocenters. The number of fused-ring (bicyclic) bond motifs is 2. The van der Waals surface area contributed by atoms with Crippen LogP contribution in [0.15, 0.2) is 40.8 Å². The number of hydrogen-bond donors (Lipinski definition) is 0. The Balaban J connectivity index is 2.23. The molecule has 0 fully saturated rings. The number of aryl methyl sites for hydroxylation is 1. The molecule has 0 atom stereocenters. The molecule has 2 aromatic carbocycles. The fraction of sp³-hybridized carbons (Fsp3) is 0.286. The standard InChI is InChI=1S/C21H22FN5OS/c1-12(2)20-19(13-6-8-14(22)9-7-13)15-11-18-17(24-26-27(18)3)10-16(15)21(23-20)25-29(4,5)28/h6-12H,1-5H3. The van der Waals surface area contributed by atoms with Crippen LogP contribution in [0.4, 0.5) is 10.2 Å². The number of aromatic nitrogens is 4. The molecule has 0 aliphatic rings. The normalized spacial score (nSPS) is 12.2. The lowest BCUT2D eigenvalue weighted by molar-refractivity contribution is 0.628. The monoisotopic (exact) mass is 411 g/mol. The summed E-state index contributed by atoms with van der Waals surface area (Å²) in [6, 6.07) is 10.3. The topological polar surface area (TPSA) is 73.0 Å². The van der Waals surface area contributed by atoms with Crippen LogP contribution in [0.2, 0.25) is 0 Å². The molecular formula is C21H22FN5OS. The highest BCUT2D eigenvalue weighted by Crippen LogP contribution is 2.40. The number of halogens is 1. The third-order valence-corrected chi connectivity index (χ3v) is 5.34. The molecule has 4 aromatic rings. The molecule has 150 valence electrons. The Kier molecular flexibility index (Phi) is 4.61. The number of rotatable bonds is 3. The molecule has 0 radical (unpaired) electrons. The molecule has 0 aliphatic carbocycles. The van der Waals surface area contributed by atoms with Crippen molar-refractivity contribution >= 4 is 37.4 Å². The van der Waals surface area contributed by atoms with Crippen LogP contribution < -0.4 is 0 Å². The van der Waals surface area contributed by atoms with Crippen molar-refractivity contribution in [2.75, 3.05) is 12.5 Å². The van der Waals surface area contributed by atoms with E-state index in [1.54, 1.807) is 29.3 Å². The number of nitrogens with zero attached hydrogens (tertiary/aromatic N) is 5. The van der Waals surface area contributed by atoms with E-state index in [4.69, 9.17) is 4.98 Å². The second-order valence-electron chi connectivity index (χ2n) is 7.73. The summed E-state index contributed by atoms with van der Waals surface area (Å²) in [6.07, 6.45) is 3.18. The number of benzene rings is 2. The zero-order valence-corrected chi connectivity index (χ0v) is 17.8. The maximum atomic E-state index is 13.6. The van der Waals surface area contributed by atoms with Crippen LogP contribution in [0.25, 0.3) is 32.9 Å². The van der Waals surface area contributed by atoms with Crippen molar-refractivity contribution in [3.63, 3.8) is 0 Å². The lowest BCUT2D eigenvalue weighted by Crippen LogP contribution is -2.01. The highest BCUT2D eigenvalue weighted by molar-refractivity contribution is 7.92. The molecule has 0 amide bonds. The Labute approximate surface area is 169 Å². The molecule has 0 bridgehead atoms. The second kappa shape index (κ2) is 6.88. The average Bonchev–Trinajstić information content (AvgIpc) is 3.00. The van der Waals surface area contributed by atoms with Crippen LogP contribution in [0.5, 0.6) is 0 Å². The second-order valence-corrected chi connectivity index (χ2v) is 10.3. The maximum absolute atomic E-state index is 13.6. The molecule has 6 nitrogen and oxygen atoms in total. The average molecular weight is 412 g/mol. The van der Waals surface area contributed by atoms with E-state index in [2.05, 4.69) is 14.7 Å². The van der Waals surface area contributed by atoms with Crippen LogP contribution in [0, 0.1) is 5.82 Å². The first-order valence-corrected chi connectivity index (χ1v) is 11.6. The van der Waals surface area contributed by atoms with Gasteiger partial charge in [0.1, 0.15) is 11.3 Å². The third-order valence-electron chi connectivity index (χ3n) is 4.73. The molecule has 8 heteroatoms. The first-order valence-electron chi connectivity index (χ1n) is 9.24. The van der Waals surface area contributed by atoms with Gasteiger partial charge in [-0.1, -0.05) is 31.2 Å². The summed E-state index contributed by atoms with van der Waals surface area (Å²) in [7, 11) is -0.588. The highest BCUT2D eigenvalue weighted by atomic mass is 32.2. The minimum Gasteiger partial charge on any atom is -0.250 e. The van der Waals surface area contributed by atoms with Gasteiger partial charge in [0.15, 0.2) is 5.82 Å². The van der Waals surface area contributed by atoms with Gasteiger partial charge in [0, 0.05) is 40.2 Å². The first kappa shape index (κ1) is 19.4. The first-order chi connectivity index (χ1) is 13.6. The van der Waals surface area contributed by atoms with E-state index < -0.39 is 9.73 Å². The maximum Gasteiger partial charge on any atom is 0.169 e. The van der Waals surface area contributed by atoms with E-state index in [0.29, 0.717) is 11.3 Å². The van der Waals surface area contributed by atoms with E-state index in [1.807, 2.05) is 33.0 Å². The van der Waals surface area contributed by atoms with Gasteiger partial charge in [-0.05, 0) is 41.1 Å². The summed E-state index contributed by atoms with van der Waals surface area (Å²) < 4.78 is 32.2. The number of pyridine rings is 1. The van der Waals surface area contributed by atoms with Gasteiger partial charge in [-0.3, -0.25) is 0 Å². The summed E-state index contributed by atoms with van der Waals surface area (Å²) >= 11 is 0. The predicted octanol–water partition coefficient (Wildman–Crippen LogP) is 4.81. The fourth-order valence-electron chi connectivity index (χ4n) is 3.46. The van der Waals surface area contributed by atoms with Crippen LogP contribution in [0.1, 0.15) is 25.5 Å². The van der Waals surface area contributed by atoms with Gasteiger partial charge in [-0.15, -0.1) is 5.10 Å². The zero-order chi connectivity index (χ0) is 20.9. The van der Waals surface area contributed by atoms with Crippen molar-refractivity contribution < 1.29 is 8.60 Å². The van der Waals surface area contributed by atoms with E-state index >= 15 is 0 Å². The summed E-state index contributed by atoms with van der Waals surface area (Å²) in [5, 5.41) is 9.95. The van der Waals surface area contributed by atoms with Crippen molar-refractivity contribution in [1.29, 1.82) is 0 Å². The van der Waals surface area contributed by atoms with Gasteiger partial charge in [-0.2, -0.15) is 4.36 Å². The summed E-state index contributed by atoms with van der Waals surface area (Å²) in [6.45, 7) is 4.09. The molecule has 0 saturated carbocycles. The third kappa shape index (κ3) is 3.60. The Morgan fingerprint density at radius 3 is 2.41 bits per heavy atom. The van der Waals surface area contributed by atoms with Crippen LogP contribution in [-0.2, 0) is 16.8 Å². The molecular weight excluding hydrogens is 389 g/mol. The van der Waals surface area contributed by atoms with E-state index in [0.717, 1.165) is 33.1 Å². The van der Waals surface area contributed by atoms with Gasteiger partial charge >= 0.3 is 0 Å². The highest BCUT2D eigenvalue weighted by Gasteiger charge is 2.20. The van der Waals surface area contributed by atoms with Crippen molar-refractivity contribution in [2.24, 2.45) is 11.4 Å². The molecule has 2 heterocycles. The van der Waals surface area contributed by atoms with Gasteiger partial charge in [-0.25, -0.2) is 18.3 Å². The van der Waals surface area contributed by atoms with Gasteiger partial charge in [0.2, 0.25) is 0 Å². The molecule has 0 N–H and O–H groups in total.